The van der Waals surface area contributed by atoms with E-state index in [2.05, 4.69) is 0 Å². The van der Waals surface area contributed by atoms with Crippen LogP contribution in [0.3, 0.4) is 0 Å². The summed E-state index contributed by atoms with van der Waals surface area (Å²) in [6.45, 7) is 0.179. The van der Waals surface area contributed by atoms with Crippen molar-refractivity contribution in [3.63, 3.8) is 0 Å². The van der Waals surface area contributed by atoms with Crippen LogP contribution in [0.4, 0.5) is 0 Å². The number of ether oxygens (including phenoxy) is 1. The molecule has 23 heavy (non-hydrogen) atoms. The van der Waals surface area contributed by atoms with Crippen molar-refractivity contribution in [2.75, 3.05) is 6.61 Å². The van der Waals surface area contributed by atoms with Crippen molar-refractivity contribution >= 4 is 50.0 Å². The number of esters is 1. The molecule has 2 N–H and O–H groups in total. The summed E-state index contributed by atoms with van der Waals surface area (Å²) in [5.74, 6) is -2.23. The van der Waals surface area contributed by atoms with Gasteiger partial charge in [-0.1, -0.05) is 0 Å². The number of aromatic carboxylic acids is 1. The van der Waals surface area contributed by atoms with Gasteiger partial charge in [0, 0.05) is 0 Å². The maximum absolute atomic E-state index is 11.9. The summed E-state index contributed by atoms with van der Waals surface area (Å²) in [6.07, 6.45) is 3.86. The van der Waals surface area contributed by atoms with Crippen LogP contribution < -0.4 is 0 Å². The molecule has 122 valence electrons. The van der Waals surface area contributed by atoms with E-state index in [1.54, 1.807) is 0 Å². The van der Waals surface area contributed by atoms with Gasteiger partial charge in [0.15, 0.2) is 0 Å². The Kier molecular flexibility index (Phi) is 8.21. The van der Waals surface area contributed by atoms with Gasteiger partial charge in [0.2, 0.25) is 0 Å². The molecule has 0 aliphatic carbocycles. The number of hydrogen-bond acceptors (Lipinski definition) is 5. The minimum atomic E-state index is -4.62. The molecular weight excluding hydrogens is 335 g/mol. The number of benzene rings is 1. The van der Waals surface area contributed by atoms with Crippen LogP contribution in [0.1, 0.15) is 46.4 Å². The molecule has 0 aromatic heterocycles. The van der Waals surface area contributed by atoms with Crippen LogP contribution in [0.2, 0.25) is 3.67 Å². The molecule has 9 heteroatoms. The molecular formula is C14H17NaO7S. The average Bonchev–Trinajstić information content (AvgIpc) is 2.49. The number of rotatable bonds is 9. The van der Waals surface area contributed by atoms with E-state index in [1.165, 1.54) is 38.0 Å². The Bertz CT molecular complexity index is 670. The third-order valence-corrected chi connectivity index (χ3v) is 4.71. The van der Waals surface area contributed by atoms with Gasteiger partial charge in [0.05, 0.1) is 0 Å². The zero-order chi connectivity index (χ0) is 17.5. The smallest absolute Gasteiger partial charge is 0.282 e. The summed E-state index contributed by atoms with van der Waals surface area (Å²) in [6, 6.07) is 2.69. The first-order valence-electron chi connectivity index (χ1n) is 7.28. The molecule has 0 heterocycles. The Balaban J connectivity index is 2.80. The molecule has 0 saturated heterocycles. The Morgan fingerprint density at radius 3 is 2.22 bits per heavy atom. The SMILES string of the molecule is O=C(O)c1cc(C(=O)OCCCCC[CH2][Na])cc(S(=O)(=O)O)c1. The van der Waals surface area contributed by atoms with Crippen LogP contribution in [-0.2, 0) is 14.9 Å². The quantitative estimate of drug-likeness (QED) is 0.302. The van der Waals surface area contributed by atoms with Gasteiger partial charge < -0.3 is 5.11 Å². The van der Waals surface area contributed by atoms with E-state index in [0.29, 0.717) is 6.42 Å². The van der Waals surface area contributed by atoms with E-state index in [4.69, 9.17) is 14.4 Å². The van der Waals surface area contributed by atoms with Crippen molar-refractivity contribution in [3.8, 4) is 0 Å². The molecule has 1 aromatic carbocycles. The topological polar surface area (TPSA) is 118 Å². The van der Waals surface area contributed by atoms with Crippen molar-refractivity contribution in [1.82, 2.24) is 0 Å². The van der Waals surface area contributed by atoms with Gasteiger partial charge in [-0.2, -0.15) is 8.42 Å². The molecule has 0 spiro atoms. The van der Waals surface area contributed by atoms with Gasteiger partial charge in [-0.05, 0) is 0 Å². The third-order valence-electron chi connectivity index (χ3n) is 3.17. The monoisotopic (exact) mass is 352 g/mol. The maximum atomic E-state index is 11.9. The number of carboxylic acids is 1. The van der Waals surface area contributed by atoms with Gasteiger partial charge in [-0.15, -0.1) is 0 Å². The molecule has 0 aliphatic heterocycles. The number of unbranched alkanes of at least 4 members (excludes halogenated alkanes) is 3. The van der Waals surface area contributed by atoms with Crippen molar-refractivity contribution < 1.29 is 32.4 Å². The normalized spacial score (nSPS) is 11.3. The minimum Gasteiger partial charge on any atom is -0.282 e. The third kappa shape index (κ3) is 7.01. The fourth-order valence-electron chi connectivity index (χ4n) is 1.94. The van der Waals surface area contributed by atoms with E-state index in [0.717, 1.165) is 31.0 Å². The number of carbonyl (C=O) groups excluding carboxylic acids is 1. The standard InChI is InChI=1S/C14H17O7S.Na/c1-2-3-4-5-6-21-14(17)11-7-10(13(15)16)8-12(9-11)22(18,19)20;/h7-9H,1-6H2,(H,15,16)(H,18,19,20);. The Morgan fingerprint density at radius 1 is 1.04 bits per heavy atom. The second-order valence-corrected chi connectivity index (χ2v) is 7.50. The second-order valence-electron chi connectivity index (χ2n) is 5.08. The van der Waals surface area contributed by atoms with Crippen molar-refractivity contribution in [1.29, 1.82) is 0 Å². The van der Waals surface area contributed by atoms with Gasteiger partial charge >= 0.3 is 130 Å². The van der Waals surface area contributed by atoms with Crippen molar-refractivity contribution in [3.05, 3.63) is 29.3 Å². The molecule has 7 nitrogen and oxygen atoms in total. The number of hydrogen-bond donors (Lipinski definition) is 2. The summed E-state index contributed by atoms with van der Waals surface area (Å²) in [5, 5.41) is 8.95. The first-order chi connectivity index (χ1) is 10.8. The second kappa shape index (κ2) is 9.39. The fraction of sp³-hybridized carbons (Fsp3) is 0.429. The summed E-state index contributed by atoms with van der Waals surface area (Å²) in [5.41, 5.74) is -0.642. The molecule has 0 aliphatic rings. The molecule has 0 bridgehead atoms. The predicted molar refractivity (Wildman–Crippen MR) is 82.5 cm³/mol. The summed E-state index contributed by atoms with van der Waals surface area (Å²) < 4.78 is 37.6. The van der Waals surface area contributed by atoms with Crippen LogP contribution in [0.5, 0.6) is 0 Å². The fourth-order valence-corrected chi connectivity index (χ4v) is 2.99. The Hall–Kier alpha value is -0.930. The van der Waals surface area contributed by atoms with Crippen molar-refractivity contribution in [2.45, 2.75) is 34.2 Å². The zero-order valence-electron chi connectivity index (χ0n) is 12.8. The molecule has 1 rings (SSSR count). The molecule has 1 aromatic rings. The van der Waals surface area contributed by atoms with Crippen LogP contribution in [0, 0.1) is 0 Å². The molecule has 0 amide bonds. The first-order valence-corrected chi connectivity index (χ1v) is 10.1. The minimum absolute atomic E-state index is 0.179. The molecule has 0 atom stereocenters. The first kappa shape index (κ1) is 20.1. The Labute approximate surface area is 152 Å². The molecule has 0 saturated carbocycles. The average molecular weight is 352 g/mol. The number of carboxylic acid groups (broad SMARTS) is 1. The molecule has 0 unspecified atom stereocenters. The molecule has 0 fully saturated rings. The summed E-state index contributed by atoms with van der Waals surface area (Å²) in [7, 11) is -4.62. The van der Waals surface area contributed by atoms with Crippen LogP contribution in [-0.4, -0.2) is 64.6 Å². The van der Waals surface area contributed by atoms with Gasteiger partial charge in [-0.3, -0.25) is 4.55 Å². The van der Waals surface area contributed by atoms with Crippen LogP contribution in [0.15, 0.2) is 23.1 Å². The van der Waals surface area contributed by atoms with Gasteiger partial charge in [0.1, 0.15) is 0 Å². The van der Waals surface area contributed by atoms with Gasteiger partial charge in [0.25, 0.3) is 0 Å². The predicted octanol–water partition coefficient (Wildman–Crippen LogP) is 1.94. The summed E-state index contributed by atoms with van der Waals surface area (Å²) >= 11 is 1.18. The Morgan fingerprint density at radius 2 is 1.65 bits per heavy atom. The zero-order valence-corrected chi connectivity index (χ0v) is 15.6. The van der Waals surface area contributed by atoms with E-state index in [9.17, 15) is 18.0 Å². The van der Waals surface area contributed by atoms with E-state index < -0.39 is 32.5 Å². The van der Waals surface area contributed by atoms with Crippen LogP contribution in [0.25, 0.3) is 0 Å². The molecule has 0 radical (unpaired) electrons. The van der Waals surface area contributed by atoms with Crippen LogP contribution >= 0.6 is 0 Å². The van der Waals surface area contributed by atoms with Crippen molar-refractivity contribution in [2.24, 2.45) is 0 Å². The summed E-state index contributed by atoms with van der Waals surface area (Å²) in [4.78, 5) is 22.2. The van der Waals surface area contributed by atoms with E-state index in [1.807, 2.05) is 0 Å². The van der Waals surface area contributed by atoms with E-state index >= 15 is 0 Å². The number of carbonyl (C=O) groups is 2. The van der Waals surface area contributed by atoms with E-state index in [-0.39, 0.29) is 12.2 Å². The van der Waals surface area contributed by atoms with Gasteiger partial charge in [-0.25, -0.2) is 4.79 Å².